The molecule has 1 heterocycles. The number of aliphatic carboxylic acids is 1. The number of carbonyl (C=O) groups excluding carboxylic acids is 8. The second-order valence-corrected chi connectivity index (χ2v) is 17.7. The molecule has 1 aliphatic rings. The van der Waals surface area contributed by atoms with Crippen LogP contribution < -0.4 is 71.6 Å². The number of carboxylic acids is 1. The summed E-state index contributed by atoms with van der Waals surface area (Å²) in [5, 5.41) is 44.9. The predicted octanol–water partition coefficient (Wildman–Crippen LogP) is -4.83. The van der Waals surface area contributed by atoms with Crippen molar-refractivity contribution in [1.82, 2.24) is 42.1 Å². The number of aliphatic imine (C=N–C) groups is 1. The largest absolute Gasteiger partial charge is 0.477 e. The molecule has 412 valence electrons. The van der Waals surface area contributed by atoms with Gasteiger partial charge in [-0.3, -0.25) is 43.8 Å². The highest BCUT2D eigenvalue weighted by molar-refractivity contribution is 6.40. The molecule has 1 fully saturated rings. The zero-order valence-corrected chi connectivity index (χ0v) is 42.3. The van der Waals surface area contributed by atoms with E-state index in [4.69, 9.17) is 39.8 Å². The first-order valence-corrected chi connectivity index (χ1v) is 24.7. The Balaban J connectivity index is 2.30. The van der Waals surface area contributed by atoms with Crippen molar-refractivity contribution in [1.29, 1.82) is 5.41 Å². The first kappa shape index (κ1) is 63.2. The van der Waals surface area contributed by atoms with E-state index in [1.807, 2.05) is 13.0 Å². The van der Waals surface area contributed by atoms with Crippen molar-refractivity contribution in [2.24, 2.45) is 39.4 Å². The lowest BCUT2D eigenvalue weighted by Crippen LogP contribution is -2.60. The van der Waals surface area contributed by atoms with Crippen LogP contribution in [0.2, 0.25) is 0 Å². The zero-order valence-electron chi connectivity index (χ0n) is 42.3. The average molecular weight is 1040 g/mol. The number of guanidine groups is 1. The normalized spacial score (nSPS) is 16.1. The smallest absolute Gasteiger partial charge is 0.352 e. The molecule has 1 aromatic carbocycles. The highest BCUT2D eigenvalue weighted by Gasteiger charge is 2.38. The number of nitrogens with one attached hydrogen (secondary N) is 8. The molecular formula is C47H78N16O11. The Morgan fingerprint density at radius 1 is 0.824 bits per heavy atom. The summed E-state index contributed by atoms with van der Waals surface area (Å²) in [7, 11) is 0. The minimum atomic E-state index is -1.57. The van der Waals surface area contributed by atoms with Crippen molar-refractivity contribution >= 4 is 64.9 Å². The van der Waals surface area contributed by atoms with Gasteiger partial charge in [0.2, 0.25) is 35.4 Å². The highest BCUT2D eigenvalue weighted by atomic mass is 16.4. The molecule has 27 heteroatoms. The fourth-order valence-electron chi connectivity index (χ4n) is 7.58. The molecule has 22 N–H and O–H groups in total. The summed E-state index contributed by atoms with van der Waals surface area (Å²) < 4.78 is 0. The molecule has 27 nitrogen and oxygen atoms in total. The molecule has 0 aromatic heterocycles. The third-order valence-electron chi connectivity index (χ3n) is 11.8. The van der Waals surface area contributed by atoms with Crippen molar-refractivity contribution < 1.29 is 53.4 Å². The Morgan fingerprint density at radius 3 is 2.11 bits per heavy atom. The lowest BCUT2D eigenvalue weighted by molar-refractivity contribution is -0.137. The lowest BCUT2D eigenvalue weighted by atomic mass is 9.99. The SMILES string of the molecule is Cc1ccccc1C[C@H](NC(=O)[C@@H]1CCCN1C(=O)/C(CCCN)=N/C(=O)CNC(=O)[C@H](C)NC(=O)[C@@H](NC(=O)[C@@H](N)CCCCN)[C@@H](O)CN)C(=O)N[C@@H](CCCCN)C(=O)N/C(=C\CCNC(=N)N)C(=O)O. The first-order chi connectivity index (χ1) is 35.2. The van der Waals surface area contributed by atoms with E-state index in [2.05, 4.69) is 42.2 Å². The topological polar surface area (TPSA) is 474 Å². The van der Waals surface area contributed by atoms with E-state index in [-0.39, 0.29) is 82.8 Å². The van der Waals surface area contributed by atoms with Crippen LogP contribution in [-0.4, -0.2) is 168 Å². The van der Waals surface area contributed by atoms with Gasteiger partial charge < -0.3 is 86.7 Å². The minimum absolute atomic E-state index is 0.0469. The molecule has 0 aliphatic carbocycles. The van der Waals surface area contributed by atoms with E-state index in [1.165, 1.54) is 17.9 Å². The van der Waals surface area contributed by atoms with Crippen LogP contribution in [0, 0.1) is 12.3 Å². The number of hydrogen-bond donors (Lipinski definition) is 16. The number of amides is 8. The van der Waals surface area contributed by atoms with Gasteiger partial charge in [-0.2, -0.15) is 0 Å². The highest BCUT2D eigenvalue weighted by Crippen LogP contribution is 2.20. The summed E-state index contributed by atoms with van der Waals surface area (Å²) in [5.41, 5.74) is 34.5. The van der Waals surface area contributed by atoms with Crippen molar-refractivity contribution in [2.45, 2.75) is 133 Å². The molecule has 2 rings (SSSR count). The fourth-order valence-corrected chi connectivity index (χ4v) is 7.58. The predicted molar refractivity (Wildman–Crippen MR) is 274 cm³/mol. The molecule has 7 atom stereocenters. The summed E-state index contributed by atoms with van der Waals surface area (Å²) in [5.74, 6) is -8.39. The van der Waals surface area contributed by atoms with E-state index >= 15 is 0 Å². The number of carboxylic acid groups (broad SMARTS) is 1. The summed E-state index contributed by atoms with van der Waals surface area (Å²) in [6.45, 7) is 2.91. The Hall–Kier alpha value is -6.91. The van der Waals surface area contributed by atoms with Crippen molar-refractivity contribution in [2.75, 3.05) is 45.8 Å². The van der Waals surface area contributed by atoms with Gasteiger partial charge in [-0.15, -0.1) is 0 Å². The van der Waals surface area contributed by atoms with Crippen LogP contribution >= 0.6 is 0 Å². The van der Waals surface area contributed by atoms with Gasteiger partial charge in [-0.05, 0) is 109 Å². The molecule has 0 spiro atoms. The van der Waals surface area contributed by atoms with Crippen molar-refractivity contribution in [3.63, 3.8) is 0 Å². The van der Waals surface area contributed by atoms with Crippen LogP contribution in [0.15, 0.2) is 41.0 Å². The maximum absolute atomic E-state index is 14.2. The van der Waals surface area contributed by atoms with Gasteiger partial charge in [0, 0.05) is 26.1 Å². The summed E-state index contributed by atoms with van der Waals surface area (Å²) in [6.07, 6.45) is 2.70. The van der Waals surface area contributed by atoms with Crippen LogP contribution in [0.25, 0.3) is 0 Å². The van der Waals surface area contributed by atoms with Crippen LogP contribution in [0.3, 0.4) is 0 Å². The monoisotopic (exact) mass is 1040 g/mol. The molecule has 8 amide bonds. The Labute approximate surface area is 430 Å². The molecular weight excluding hydrogens is 965 g/mol. The van der Waals surface area contributed by atoms with Gasteiger partial charge in [-0.1, -0.05) is 36.8 Å². The molecule has 0 bridgehead atoms. The minimum Gasteiger partial charge on any atom is -0.477 e. The number of nitrogens with zero attached hydrogens (tertiary/aromatic N) is 2. The third kappa shape index (κ3) is 22.1. The van der Waals surface area contributed by atoms with Gasteiger partial charge in [-0.25, -0.2) is 9.79 Å². The molecule has 0 saturated carbocycles. The van der Waals surface area contributed by atoms with Gasteiger partial charge in [0.05, 0.1) is 18.7 Å². The lowest BCUT2D eigenvalue weighted by Gasteiger charge is -2.28. The van der Waals surface area contributed by atoms with Crippen LogP contribution in [0.1, 0.15) is 88.7 Å². The molecule has 0 radical (unpaired) electrons. The second kappa shape index (κ2) is 33.7. The van der Waals surface area contributed by atoms with E-state index in [1.54, 1.807) is 18.2 Å². The van der Waals surface area contributed by atoms with Gasteiger partial charge in [0.25, 0.3) is 11.8 Å². The van der Waals surface area contributed by atoms with E-state index in [9.17, 15) is 53.4 Å². The maximum Gasteiger partial charge on any atom is 0.352 e. The standard InChI is InChI=1S/C47H78N16O11/c1-27-12-3-4-13-29(27)24-34(42(69)59-31(15-6-8-20-49)41(68)60-33(46(73)74)17-10-22-55-47(53)54)61-43(70)35-18-11-23-63(35)45(72)32(16-9-21-50)58-37(65)26-56-39(66)28(2)57-44(71)38(36(64)25-51)62-40(67)30(52)14-5-7-19-48/h3-4,12-13,17,28,30-31,34-36,38,64H,5-11,14-16,18-26,48-52H2,1-2H3,(H,56,66)(H,57,71)(H,59,69)(H,60,68)(H,61,70)(H,62,67)(H,73,74)(H4,53,54,55)/b33-17-,58-32+/t28-,30-,31-,34-,35-,36-,38-/m0/s1. The summed E-state index contributed by atoms with van der Waals surface area (Å²) in [4.78, 5) is 126. The third-order valence-corrected chi connectivity index (χ3v) is 11.8. The molecule has 74 heavy (non-hydrogen) atoms. The molecule has 1 saturated heterocycles. The zero-order chi connectivity index (χ0) is 55.3. The van der Waals surface area contributed by atoms with Gasteiger partial charge >= 0.3 is 5.97 Å². The van der Waals surface area contributed by atoms with Crippen LogP contribution in [-0.2, 0) is 49.6 Å². The van der Waals surface area contributed by atoms with E-state index < -0.39 is 114 Å². The number of aliphatic hydroxyl groups is 1. The number of nitrogens with two attached hydrogens (primary N) is 6. The second-order valence-electron chi connectivity index (χ2n) is 17.7. The number of carbonyl (C=O) groups is 9. The first-order valence-electron chi connectivity index (χ1n) is 24.7. The number of aliphatic hydroxyl groups excluding tert-OH is 1. The van der Waals surface area contributed by atoms with E-state index in [0.717, 1.165) is 5.56 Å². The van der Waals surface area contributed by atoms with Gasteiger partial charge in [0.15, 0.2) is 5.96 Å². The quantitative estimate of drug-likeness (QED) is 0.0136. The average Bonchev–Trinajstić information content (AvgIpc) is 3.87. The van der Waals surface area contributed by atoms with Crippen LogP contribution in [0.5, 0.6) is 0 Å². The van der Waals surface area contributed by atoms with Crippen LogP contribution in [0.4, 0.5) is 0 Å². The Kier molecular flexibility index (Phi) is 28.8. The fraction of sp³-hybridized carbons (Fsp3) is 0.596. The maximum atomic E-state index is 14.2. The number of likely N-dealkylation sites (tertiary alicyclic amines) is 1. The summed E-state index contributed by atoms with van der Waals surface area (Å²) in [6, 6.07) is -0.502. The number of aryl methyl sites for hydroxylation is 1. The number of hydrogen-bond acceptors (Lipinski definition) is 16. The molecule has 1 aromatic rings. The van der Waals surface area contributed by atoms with Crippen molar-refractivity contribution in [3.8, 4) is 0 Å². The molecule has 0 unspecified atom stereocenters. The summed E-state index contributed by atoms with van der Waals surface area (Å²) >= 11 is 0. The van der Waals surface area contributed by atoms with Gasteiger partial charge in [0.1, 0.15) is 41.6 Å². The number of benzene rings is 1. The van der Waals surface area contributed by atoms with E-state index in [0.29, 0.717) is 44.2 Å². The van der Waals surface area contributed by atoms with Crippen molar-refractivity contribution in [3.05, 3.63) is 47.2 Å². The Morgan fingerprint density at radius 2 is 1.49 bits per heavy atom. The Bertz CT molecular complexity index is 2160. The number of rotatable bonds is 33. The molecule has 1 aliphatic heterocycles. The number of unbranched alkanes of at least 4 members (excludes halogenated alkanes) is 2.